The van der Waals surface area contributed by atoms with Crippen molar-refractivity contribution in [1.29, 1.82) is 0 Å². The minimum Gasteiger partial charge on any atom is -0.353 e. The highest BCUT2D eigenvalue weighted by Gasteiger charge is 2.52. The number of hydrogen-bond acceptors (Lipinski definition) is 3. The van der Waals surface area contributed by atoms with Crippen LogP contribution in [-0.4, -0.2) is 53.6 Å². The zero-order valence-electron chi connectivity index (χ0n) is 12.9. The van der Waals surface area contributed by atoms with E-state index in [4.69, 9.17) is 4.74 Å². The van der Waals surface area contributed by atoms with E-state index < -0.39 is 11.8 Å². The fourth-order valence-corrected chi connectivity index (χ4v) is 3.31. The van der Waals surface area contributed by atoms with E-state index in [-0.39, 0.29) is 11.8 Å². The molecule has 20 heavy (non-hydrogen) atoms. The molecule has 1 aliphatic carbocycles. The molecule has 2 amide bonds. The molecule has 1 unspecified atom stereocenters. The van der Waals surface area contributed by atoms with Crippen LogP contribution in [0.15, 0.2) is 0 Å². The van der Waals surface area contributed by atoms with Gasteiger partial charge < -0.3 is 9.64 Å². The molecule has 114 valence electrons. The van der Waals surface area contributed by atoms with Gasteiger partial charge in [-0.3, -0.25) is 14.5 Å². The number of rotatable bonds is 3. The molecule has 0 N–H and O–H groups in total. The Kier molecular flexibility index (Phi) is 4.68. The molecule has 5 nitrogen and oxygen atoms in total. The molecule has 1 aliphatic heterocycles. The Hall–Kier alpha value is -1.10. The molecule has 0 bridgehead atoms. The SMILES string of the molecule is CCC(=O)N1C(C(=O)N(C)CC)COC12CCCCC2. The topological polar surface area (TPSA) is 49.9 Å². The number of ether oxygens (including phenoxy) is 1. The predicted octanol–water partition coefficient (Wildman–Crippen LogP) is 1.76. The maximum Gasteiger partial charge on any atom is 0.247 e. The molecular formula is C15H26N2O3. The van der Waals surface area contributed by atoms with Crippen LogP contribution in [0, 0.1) is 0 Å². The highest BCUT2D eigenvalue weighted by Crippen LogP contribution is 2.41. The van der Waals surface area contributed by atoms with Gasteiger partial charge in [0.1, 0.15) is 11.8 Å². The summed E-state index contributed by atoms with van der Waals surface area (Å²) >= 11 is 0. The van der Waals surface area contributed by atoms with Gasteiger partial charge in [0, 0.05) is 20.0 Å². The van der Waals surface area contributed by atoms with Gasteiger partial charge in [-0.25, -0.2) is 0 Å². The largest absolute Gasteiger partial charge is 0.353 e. The second kappa shape index (κ2) is 6.12. The highest BCUT2D eigenvalue weighted by atomic mass is 16.5. The highest BCUT2D eigenvalue weighted by molar-refractivity contribution is 5.88. The average molecular weight is 282 g/mol. The summed E-state index contributed by atoms with van der Waals surface area (Å²) in [7, 11) is 1.78. The molecule has 2 aliphatic rings. The van der Waals surface area contributed by atoms with Crippen molar-refractivity contribution in [2.45, 2.75) is 64.1 Å². The molecule has 1 atom stereocenters. The van der Waals surface area contributed by atoms with E-state index in [2.05, 4.69) is 0 Å². The van der Waals surface area contributed by atoms with Gasteiger partial charge in [0.05, 0.1) is 6.61 Å². The number of hydrogen-bond donors (Lipinski definition) is 0. The molecule has 2 fully saturated rings. The van der Waals surface area contributed by atoms with E-state index in [1.54, 1.807) is 16.8 Å². The quantitative estimate of drug-likeness (QED) is 0.792. The van der Waals surface area contributed by atoms with Crippen LogP contribution >= 0.6 is 0 Å². The zero-order chi connectivity index (χ0) is 14.8. The van der Waals surface area contributed by atoms with Gasteiger partial charge in [0.25, 0.3) is 0 Å². The van der Waals surface area contributed by atoms with E-state index in [9.17, 15) is 9.59 Å². The maximum absolute atomic E-state index is 12.5. The average Bonchev–Trinajstić information content (AvgIpc) is 2.84. The van der Waals surface area contributed by atoms with Crippen LogP contribution < -0.4 is 0 Å². The fourth-order valence-electron chi connectivity index (χ4n) is 3.31. The summed E-state index contributed by atoms with van der Waals surface area (Å²) in [5.41, 5.74) is -0.514. The van der Waals surface area contributed by atoms with Gasteiger partial charge in [-0.05, 0) is 32.6 Å². The van der Waals surface area contributed by atoms with Gasteiger partial charge in [0.2, 0.25) is 11.8 Å². The van der Waals surface area contributed by atoms with Crippen molar-refractivity contribution in [3.8, 4) is 0 Å². The minimum atomic E-state index is -0.514. The van der Waals surface area contributed by atoms with Gasteiger partial charge in [-0.1, -0.05) is 13.3 Å². The third-order valence-corrected chi connectivity index (χ3v) is 4.60. The van der Waals surface area contributed by atoms with Crippen molar-refractivity contribution < 1.29 is 14.3 Å². The van der Waals surface area contributed by atoms with Crippen LogP contribution in [0.5, 0.6) is 0 Å². The van der Waals surface area contributed by atoms with E-state index in [0.717, 1.165) is 25.7 Å². The number of likely N-dealkylation sites (N-methyl/N-ethyl adjacent to an activating group) is 1. The zero-order valence-corrected chi connectivity index (χ0v) is 12.9. The Balaban J connectivity index is 2.25. The van der Waals surface area contributed by atoms with Crippen molar-refractivity contribution in [2.24, 2.45) is 0 Å². The third-order valence-electron chi connectivity index (χ3n) is 4.60. The van der Waals surface area contributed by atoms with Gasteiger partial charge >= 0.3 is 0 Å². The summed E-state index contributed by atoms with van der Waals surface area (Å²) in [4.78, 5) is 28.3. The van der Waals surface area contributed by atoms with Crippen LogP contribution in [0.25, 0.3) is 0 Å². The molecule has 1 heterocycles. The predicted molar refractivity (Wildman–Crippen MR) is 76.0 cm³/mol. The summed E-state index contributed by atoms with van der Waals surface area (Å²) in [5, 5.41) is 0. The normalized spacial score (nSPS) is 24.9. The fraction of sp³-hybridized carbons (Fsp3) is 0.867. The molecule has 0 radical (unpaired) electrons. The lowest BCUT2D eigenvalue weighted by Gasteiger charge is -2.41. The first-order valence-corrected chi connectivity index (χ1v) is 7.77. The molecule has 1 spiro atoms. The van der Waals surface area contributed by atoms with Crippen molar-refractivity contribution in [2.75, 3.05) is 20.2 Å². The molecule has 1 saturated carbocycles. The Morgan fingerprint density at radius 1 is 1.25 bits per heavy atom. The van der Waals surface area contributed by atoms with Gasteiger partial charge in [-0.15, -0.1) is 0 Å². The molecule has 2 rings (SSSR count). The summed E-state index contributed by atoms with van der Waals surface area (Å²) in [5.74, 6) is 0.0315. The minimum absolute atomic E-state index is 0.00301. The van der Waals surface area contributed by atoms with Crippen molar-refractivity contribution >= 4 is 11.8 Å². The van der Waals surface area contributed by atoms with Crippen LogP contribution in [0.1, 0.15) is 52.4 Å². The molecule has 0 aromatic carbocycles. The first-order valence-electron chi connectivity index (χ1n) is 7.77. The van der Waals surface area contributed by atoms with Crippen molar-refractivity contribution in [3.05, 3.63) is 0 Å². The summed E-state index contributed by atoms with van der Waals surface area (Å²) in [6.45, 7) is 4.78. The van der Waals surface area contributed by atoms with E-state index in [1.165, 1.54) is 6.42 Å². The maximum atomic E-state index is 12.5. The van der Waals surface area contributed by atoms with Gasteiger partial charge in [0.15, 0.2) is 0 Å². The Bertz CT molecular complexity index is 377. The van der Waals surface area contributed by atoms with Crippen LogP contribution in [0.2, 0.25) is 0 Å². The molecule has 0 aromatic heterocycles. The number of carbonyl (C=O) groups is 2. The summed E-state index contributed by atoms with van der Waals surface area (Å²) < 4.78 is 6.00. The number of carbonyl (C=O) groups excluding carboxylic acids is 2. The van der Waals surface area contributed by atoms with E-state index in [1.807, 2.05) is 13.8 Å². The standard InChI is InChI=1S/C15H26N2O3/c1-4-13(18)17-12(14(19)16(3)5-2)11-20-15(17)9-7-6-8-10-15/h12H,4-11H2,1-3H3. The lowest BCUT2D eigenvalue weighted by atomic mass is 9.90. The third kappa shape index (κ3) is 2.55. The molecule has 5 heteroatoms. The van der Waals surface area contributed by atoms with Crippen LogP contribution in [-0.2, 0) is 14.3 Å². The second-order valence-electron chi connectivity index (χ2n) is 5.80. The van der Waals surface area contributed by atoms with Gasteiger partial charge in [-0.2, -0.15) is 0 Å². The molecule has 1 saturated heterocycles. The van der Waals surface area contributed by atoms with E-state index in [0.29, 0.717) is 19.6 Å². The first kappa shape index (κ1) is 15.3. The number of amides is 2. The van der Waals surface area contributed by atoms with E-state index >= 15 is 0 Å². The first-order chi connectivity index (χ1) is 9.55. The molecule has 0 aromatic rings. The Labute approximate surface area is 121 Å². The van der Waals surface area contributed by atoms with Crippen LogP contribution in [0.3, 0.4) is 0 Å². The summed E-state index contributed by atoms with van der Waals surface area (Å²) in [6, 6.07) is -0.439. The van der Waals surface area contributed by atoms with Crippen molar-refractivity contribution in [3.63, 3.8) is 0 Å². The van der Waals surface area contributed by atoms with Crippen LogP contribution in [0.4, 0.5) is 0 Å². The number of nitrogens with zero attached hydrogens (tertiary/aromatic N) is 2. The molecular weight excluding hydrogens is 256 g/mol. The summed E-state index contributed by atoms with van der Waals surface area (Å²) in [6.07, 6.45) is 5.46. The lowest BCUT2D eigenvalue weighted by molar-refractivity contribution is -0.161. The smallest absolute Gasteiger partial charge is 0.247 e. The monoisotopic (exact) mass is 282 g/mol. The van der Waals surface area contributed by atoms with Crippen molar-refractivity contribution in [1.82, 2.24) is 9.80 Å². The second-order valence-corrected chi connectivity index (χ2v) is 5.80. The lowest BCUT2D eigenvalue weighted by Crippen LogP contribution is -2.56. The Morgan fingerprint density at radius 2 is 1.90 bits per heavy atom. The Morgan fingerprint density at radius 3 is 2.45 bits per heavy atom.